The van der Waals surface area contributed by atoms with Crippen molar-refractivity contribution in [3.05, 3.63) is 59.8 Å². The molecule has 0 bridgehead atoms. The molecule has 0 aliphatic carbocycles. The lowest BCUT2D eigenvalue weighted by Gasteiger charge is -2.12. The number of carbonyl (C=O) groups is 1. The minimum absolute atomic E-state index is 0.319. The van der Waals surface area contributed by atoms with Gasteiger partial charge in [-0.05, 0) is 49.2 Å². The van der Waals surface area contributed by atoms with Gasteiger partial charge in [0.25, 0.3) is 0 Å². The summed E-state index contributed by atoms with van der Waals surface area (Å²) < 4.78 is 5.29. The van der Waals surface area contributed by atoms with Gasteiger partial charge >= 0.3 is 6.03 Å². The summed E-state index contributed by atoms with van der Waals surface area (Å²) in [4.78, 5) is 16.7. The predicted molar refractivity (Wildman–Crippen MR) is 96.9 cm³/mol. The third-order valence-corrected chi connectivity index (χ3v) is 3.64. The zero-order chi connectivity index (χ0) is 17.1. The van der Waals surface area contributed by atoms with Crippen LogP contribution in [-0.2, 0) is 0 Å². The van der Waals surface area contributed by atoms with Crippen LogP contribution < -0.4 is 15.4 Å². The Morgan fingerprint density at radius 1 is 1.04 bits per heavy atom. The molecule has 0 unspecified atom stereocenters. The van der Waals surface area contributed by atoms with E-state index in [1.807, 2.05) is 44.2 Å². The van der Waals surface area contributed by atoms with Gasteiger partial charge in [-0.1, -0.05) is 12.1 Å². The van der Waals surface area contributed by atoms with Crippen molar-refractivity contribution in [1.29, 1.82) is 0 Å². The van der Waals surface area contributed by atoms with Gasteiger partial charge in [0.2, 0.25) is 0 Å². The van der Waals surface area contributed by atoms with E-state index in [2.05, 4.69) is 21.7 Å². The Hall–Kier alpha value is -3.08. The first kappa shape index (κ1) is 15.8. The third kappa shape index (κ3) is 3.46. The zero-order valence-electron chi connectivity index (χ0n) is 13.9. The van der Waals surface area contributed by atoms with Crippen molar-refractivity contribution in [3.8, 4) is 5.75 Å². The molecule has 3 rings (SSSR count). The molecule has 122 valence electrons. The summed E-state index contributed by atoms with van der Waals surface area (Å²) in [7, 11) is 1.59. The summed E-state index contributed by atoms with van der Waals surface area (Å²) in [5, 5.41) is 6.61. The van der Waals surface area contributed by atoms with Crippen LogP contribution in [-0.4, -0.2) is 18.1 Å². The fourth-order valence-electron chi connectivity index (χ4n) is 2.71. The number of aryl methyl sites for hydroxylation is 2. The number of fused-ring (bicyclic) bond motifs is 1. The lowest BCUT2D eigenvalue weighted by Crippen LogP contribution is -2.20. The molecule has 0 fully saturated rings. The van der Waals surface area contributed by atoms with Crippen molar-refractivity contribution >= 4 is 28.3 Å². The molecule has 0 aliphatic heterocycles. The number of benzene rings is 2. The number of nitrogens with zero attached hydrogens (tertiary/aromatic N) is 1. The average molecular weight is 321 g/mol. The predicted octanol–water partition coefficient (Wildman–Crippen LogP) is 4.50. The van der Waals surface area contributed by atoms with Crippen LogP contribution in [0.4, 0.5) is 16.2 Å². The molecule has 3 aromatic rings. The van der Waals surface area contributed by atoms with Crippen molar-refractivity contribution < 1.29 is 9.53 Å². The van der Waals surface area contributed by atoms with Crippen LogP contribution in [0.5, 0.6) is 5.75 Å². The standard InChI is InChI=1S/C19H19N3O2/c1-12-7-13(2)9-15(8-12)21-19(23)22-17-11-16(24-3)10-14-5-4-6-20-18(14)17/h4-11H,1-3H3,(H2,21,22,23). The molecule has 24 heavy (non-hydrogen) atoms. The Bertz CT molecular complexity index is 886. The number of rotatable bonds is 3. The van der Waals surface area contributed by atoms with E-state index in [0.717, 1.165) is 22.2 Å². The second-order valence-electron chi connectivity index (χ2n) is 5.71. The van der Waals surface area contributed by atoms with Gasteiger partial charge in [0.15, 0.2) is 0 Å². The highest BCUT2D eigenvalue weighted by atomic mass is 16.5. The van der Waals surface area contributed by atoms with Gasteiger partial charge in [0.1, 0.15) is 5.75 Å². The van der Waals surface area contributed by atoms with Crippen molar-refractivity contribution in [2.45, 2.75) is 13.8 Å². The molecule has 0 saturated heterocycles. The second kappa shape index (κ2) is 6.58. The SMILES string of the molecule is COc1cc(NC(=O)Nc2cc(C)cc(C)c2)c2ncccc2c1. The summed E-state index contributed by atoms with van der Waals surface area (Å²) in [6, 6.07) is 13.0. The molecule has 2 aromatic carbocycles. The Morgan fingerprint density at radius 3 is 2.50 bits per heavy atom. The summed E-state index contributed by atoms with van der Waals surface area (Å²) in [6.45, 7) is 3.99. The van der Waals surface area contributed by atoms with Gasteiger partial charge in [-0.25, -0.2) is 4.79 Å². The van der Waals surface area contributed by atoms with E-state index in [-0.39, 0.29) is 6.03 Å². The first-order valence-corrected chi connectivity index (χ1v) is 7.64. The maximum atomic E-state index is 12.4. The monoisotopic (exact) mass is 321 g/mol. The first-order valence-electron chi connectivity index (χ1n) is 7.64. The zero-order valence-corrected chi connectivity index (χ0v) is 13.9. The highest BCUT2D eigenvalue weighted by Gasteiger charge is 2.10. The largest absolute Gasteiger partial charge is 0.497 e. The summed E-state index contributed by atoms with van der Waals surface area (Å²) in [6.07, 6.45) is 1.70. The number of hydrogen-bond donors (Lipinski definition) is 2. The van der Waals surface area contributed by atoms with Crippen LogP contribution in [0, 0.1) is 13.8 Å². The van der Waals surface area contributed by atoms with Gasteiger partial charge in [-0.15, -0.1) is 0 Å². The van der Waals surface area contributed by atoms with Crippen molar-refractivity contribution in [2.75, 3.05) is 17.7 Å². The van der Waals surface area contributed by atoms with Gasteiger partial charge in [-0.2, -0.15) is 0 Å². The maximum absolute atomic E-state index is 12.4. The number of urea groups is 1. The Balaban J connectivity index is 1.87. The molecule has 2 N–H and O–H groups in total. The highest BCUT2D eigenvalue weighted by molar-refractivity contribution is 6.05. The normalized spacial score (nSPS) is 10.5. The molecule has 0 radical (unpaired) electrons. The van der Waals surface area contributed by atoms with E-state index in [0.29, 0.717) is 17.0 Å². The number of ether oxygens (including phenoxy) is 1. The minimum atomic E-state index is -0.319. The van der Waals surface area contributed by atoms with Crippen LogP contribution in [0.1, 0.15) is 11.1 Å². The van der Waals surface area contributed by atoms with E-state index in [9.17, 15) is 4.79 Å². The van der Waals surface area contributed by atoms with E-state index in [4.69, 9.17) is 4.74 Å². The summed E-state index contributed by atoms with van der Waals surface area (Å²) in [5.74, 6) is 0.664. The van der Waals surface area contributed by atoms with Gasteiger partial charge in [-0.3, -0.25) is 4.98 Å². The van der Waals surface area contributed by atoms with E-state index in [1.165, 1.54) is 0 Å². The Labute approximate surface area is 140 Å². The van der Waals surface area contributed by atoms with Crippen LogP contribution in [0.2, 0.25) is 0 Å². The van der Waals surface area contributed by atoms with Gasteiger partial charge in [0, 0.05) is 23.3 Å². The molecule has 2 amide bonds. The highest BCUT2D eigenvalue weighted by Crippen LogP contribution is 2.27. The van der Waals surface area contributed by atoms with Crippen LogP contribution >= 0.6 is 0 Å². The molecule has 0 spiro atoms. The molecular weight excluding hydrogens is 302 g/mol. The number of carbonyl (C=O) groups excluding carboxylic acids is 1. The molecule has 1 aromatic heterocycles. The van der Waals surface area contributed by atoms with Crippen LogP contribution in [0.3, 0.4) is 0 Å². The average Bonchev–Trinajstić information content (AvgIpc) is 2.53. The molecule has 1 heterocycles. The number of amides is 2. The molecule has 5 nitrogen and oxygen atoms in total. The number of methoxy groups -OCH3 is 1. The topological polar surface area (TPSA) is 63.2 Å². The smallest absolute Gasteiger partial charge is 0.323 e. The molecule has 5 heteroatoms. The van der Waals surface area contributed by atoms with Gasteiger partial charge in [0.05, 0.1) is 18.3 Å². The van der Waals surface area contributed by atoms with Crippen molar-refractivity contribution in [2.24, 2.45) is 0 Å². The first-order chi connectivity index (χ1) is 11.5. The molecule has 0 saturated carbocycles. The van der Waals surface area contributed by atoms with E-state index < -0.39 is 0 Å². The van der Waals surface area contributed by atoms with Crippen molar-refractivity contribution in [3.63, 3.8) is 0 Å². The number of hydrogen-bond acceptors (Lipinski definition) is 3. The molecule has 0 aliphatic rings. The molecule has 0 atom stereocenters. The van der Waals surface area contributed by atoms with Crippen LogP contribution in [0.15, 0.2) is 48.7 Å². The third-order valence-electron chi connectivity index (χ3n) is 3.64. The number of aromatic nitrogens is 1. The summed E-state index contributed by atoms with van der Waals surface area (Å²) >= 11 is 0. The quantitative estimate of drug-likeness (QED) is 0.746. The fraction of sp³-hybridized carbons (Fsp3) is 0.158. The Morgan fingerprint density at radius 2 is 1.79 bits per heavy atom. The summed E-state index contributed by atoms with van der Waals surface area (Å²) in [5.41, 5.74) is 4.27. The number of nitrogens with one attached hydrogen (secondary N) is 2. The number of pyridine rings is 1. The van der Waals surface area contributed by atoms with E-state index in [1.54, 1.807) is 19.4 Å². The lowest BCUT2D eigenvalue weighted by atomic mass is 10.1. The van der Waals surface area contributed by atoms with Gasteiger partial charge < -0.3 is 15.4 Å². The number of anilines is 2. The van der Waals surface area contributed by atoms with Crippen molar-refractivity contribution in [1.82, 2.24) is 4.98 Å². The molecular formula is C19H19N3O2. The van der Waals surface area contributed by atoms with Crippen LogP contribution in [0.25, 0.3) is 10.9 Å². The Kier molecular flexibility index (Phi) is 4.33. The minimum Gasteiger partial charge on any atom is -0.497 e. The van der Waals surface area contributed by atoms with E-state index >= 15 is 0 Å². The fourth-order valence-corrected chi connectivity index (χ4v) is 2.71. The maximum Gasteiger partial charge on any atom is 0.323 e. The second-order valence-corrected chi connectivity index (χ2v) is 5.71. The lowest BCUT2D eigenvalue weighted by molar-refractivity contribution is 0.262.